The molecule has 0 aromatic heterocycles. The molecule has 2 heteroatoms. The van der Waals surface area contributed by atoms with Crippen LogP contribution < -0.4 is 0 Å². The SMILES string of the molecule is CC[Si](O)(CC)C1CCCCCCC1. The molecule has 0 bridgehead atoms. The van der Waals surface area contributed by atoms with Gasteiger partial charge in [0, 0.05) is 0 Å². The van der Waals surface area contributed by atoms with Crippen molar-refractivity contribution in [1.29, 1.82) is 0 Å². The van der Waals surface area contributed by atoms with E-state index >= 15 is 0 Å². The highest BCUT2D eigenvalue weighted by Gasteiger charge is 2.35. The Labute approximate surface area is 90.0 Å². The van der Waals surface area contributed by atoms with Crippen LogP contribution in [0.3, 0.4) is 0 Å². The van der Waals surface area contributed by atoms with E-state index in [0.29, 0.717) is 5.54 Å². The predicted octanol–water partition coefficient (Wildman–Crippen LogP) is 4.08. The topological polar surface area (TPSA) is 20.2 Å². The number of hydrogen-bond donors (Lipinski definition) is 1. The summed E-state index contributed by atoms with van der Waals surface area (Å²) in [7, 11) is -1.85. The Hall–Kier alpha value is 0.177. The fraction of sp³-hybridized carbons (Fsp3) is 1.00. The first-order valence-corrected chi connectivity index (χ1v) is 8.89. The second kappa shape index (κ2) is 5.91. The molecule has 0 heterocycles. The van der Waals surface area contributed by atoms with Crippen molar-refractivity contribution < 1.29 is 4.80 Å². The summed E-state index contributed by atoms with van der Waals surface area (Å²) >= 11 is 0. The minimum atomic E-state index is -1.85. The van der Waals surface area contributed by atoms with Crippen LogP contribution in [0.5, 0.6) is 0 Å². The van der Waals surface area contributed by atoms with Gasteiger partial charge in [0.2, 0.25) is 0 Å². The van der Waals surface area contributed by atoms with Gasteiger partial charge in [-0.25, -0.2) is 0 Å². The second-order valence-electron chi connectivity index (χ2n) is 4.85. The van der Waals surface area contributed by atoms with Gasteiger partial charge in [-0.05, 0) is 17.6 Å². The summed E-state index contributed by atoms with van der Waals surface area (Å²) < 4.78 is 0. The molecule has 0 amide bonds. The summed E-state index contributed by atoms with van der Waals surface area (Å²) in [5, 5.41) is 0. The van der Waals surface area contributed by atoms with E-state index < -0.39 is 8.32 Å². The van der Waals surface area contributed by atoms with Gasteiger partial charge in [0.1, 0.15) is 0 Å². The van der Waals surface area contributed by atoms with Crippen LogP contribution in [-0.4, -0.2) is 13.1 Å². The first-order chi connectivity index (χ1) is 6.73. The van der Waals surface area contributed by atoms with Crippen molar-refractivity contribution in [3.8, 4) is 0 Å². The molecule has 1 N–H and O–H groups in total. The van der Waals surface area contributed by atoms with Gasteiger partial charge in [-0.15, -0.1) is 0 Å². The van der Waals surface area contributed by atoms with Crippen LogP contribution in [0, 0.1) is 0 Å². The van der Waals surface area contributed by atoms with Crippen molar-refractivity contribution in [3.63, 3.8) is 0 Å². The Kier molecular flexibility index (Phi) is 5.17. The average Bonchev–Trinajstić information content (AvgIpc) is 2.16. The Morgan fingerprint density at radius 1 is 0.929 bits per heavy atom. The summed E-state index contributed by atoms with van der Waals surface area (Å²) in [5.74, 6) is 0. The normalized spacial score (nSPS) is 21.6. The van der Waals surface area contributed by atoms with Crippen LogP contribution in [0.1, 0.15) is 58.8 Å². The van der Waals surface area contributed by atoms with Crippen LogP contribution in [-0.2, 0) is 0 Å². The second-order valence-corrected chi connectivity index (χ2v) is 9.29. The van der Waals surface area contributed by atoms with Crippen molar-refractivity contribution in [1.82, 2.24) is 0 Å². The van der Waals surface area contributed by atoms with Crippen molar-refractivity contribution in [3.05, 3.63) is 0 Å². The maximum absolute atomic E-state index is 10.6. The van der Waals surface area contributed by atoms with E-state index in [9.17, 15) is 4.80 Å². The van der Waals surface area contributed by atoms with Gasteiger partial charge < -0.3 is 4.80 Å². The third-order valence-corrected chi connectivity index (χ3v) is 8.64. The smallest absolute Gasteiger partial charge is 0.191 e. The molecule has 0 aromatic rings. The van der Waals surface area contributed by atoms with E-state index in [4.69, 9.17) is 0 Å². The Morgan fingerprint density at radius 2 is 1.36 bits per heavy atom. The van der Waals surface area contributed by atoms with E-state index in [1.807, 2.05) is 0 Å². The van der Waals surface area contributed by atoms with Gasteiger partial charge in [-0.3, -0.25) is 0 Å². The van der Waals surface area contributed by atoms with Gasteiger partial charge in [0.25, 0.3) is 0 Å². The van der Waals surface area contributed by atoms with Crippen LogP contribution >= 0.6 is 0 Å². The lowest BCUT2D eigenvalue weighted by atomic mass is 10.0. The molecule has 1 aliphatic rings. The molecule has 1 fully saturated rings. The summed E-state index contributed by atoms with van der Waals surface area (Å²) in [6.07, 6.45) is 9.56. The van der Waals surface area contributed by atoms with E-state index in [1.54, 1.807) is 0 Å². The third kappa shape index (κ3) is 3.09. The summed E-state index contributed by atoms with van der Waals surface area (Å²) in [4.78, 5) is 10.6. The van der Waals surface area contributed by atoms with Crippen LogP contribution in [0.15, 0.2) is 0 Å². The number of rotatable bonds is 3. The minimum absolute atomic E-state index is 0.706. The molecule has 0 radical (unpaired) electrons. The fourth-order valence-electron chi connectivity index (χ4n) is 2.82. The van der Waals surface area contributed by atoms with Crippen LogP contribution in [0.25, 0.3) is 0 Å². The van der Waals surface area contributed by atoms with E-state index in [1.165, 1.54) is 44.9 Å². The van der Waals surface area contributed by atoms with Gasteiger partial charge in [0.05, 0.1) is 0 Å². The van der Waals surface area contributed by atoms with Crippen LogP contribution in [0.2, 0.25) is 17.6 Å². The molecule has 14 heavy (non-hydrogen) atoms. The highest BCUT2D eigenvalue weighted by atomic mass is 28.4. The van der Waals surface area contributed by atoms with E-state index in [0.717, 1.165) is 12.1 Å². The molecule has 1 aliphatic carbocycles. The largest absolute Gasteiger partial charge is 0.431 e. The monoisotopic (exact) mass is 214 g/mol. The van der Waals surface area contributed by atoms with Gasteiger partial charge in [-0.1, -0.05) is 58.8 Å². The Bertz CT molecular complexity index is 146. The first-order valence-electron chi connectivity index (χ1n) is 6.45. The van der Waals surface area contributed by atoms with Crippen molar-refractivity contribution in [2.24, 2.45) is 0 Å². The predicted molar refractivity (Wildman–Crippen MR) is 65.0 cm³/mol. The summed E-state index contributed by atoms with van der Waals surface area (Å²) in [5.41, 5.74) is 0.706. The summed E-state index contributed by atoms with van der Waals surface area (Å²) in [6.45, 7) is 4.38. The maximum atomic E-state index is 10.6. The highest BCUT2D eigenvalue weighted by Crippen LogP contribution is 2.37. The van der Waals surface area contributed by atoms with Gasteiger partial charge in [-0.2, -0.15) is 0 Å². The first kappa shape index (κ1) is 12.2. The standard InChI is InChI=1S/C12H26OSi/c1-3-14(13,4-2)12-10-8-6-5-7-9-11-12/h12-13H,3-11H2,1-2H3. The molecule has 0 atom stereocenters. The maximum Gasteiger partial charge on any atom is 0.191 e. The molecule has 0 saturated heterocycles. The molecular formula is C12H26OSi. The fourth-order valence-corrected chi connectivity index (χ4v) is 5.96. The van der Waals surface area contributed by atoms with Crippen molar-refractivity contribution in [2.75, 3.05) is 0 Å². The van der Waals surface area contributed by atoms with E-state index in [2.05, 4.69) is 13.8 Å². The molecule has 0 aliphatic heterocycles. The zero-order valence-corrected chi connectivity index (χ0v) is 10.9. The lowest BCUT2D eigenvalue weighted by molar-refractivity contribution is 0.434. The molecule has 0 unspecified atom stereocenters. The molecule has 1 rings (SSSR count). The molecular weight excluding hydrogens is 188 g/mol. The zero-order valence-electron chi connectivity index (χ0n) is 9.89. The molecule has 0 spiro atoms. The Morgan fingerprint density at radius 3 is 1.79 bits per heavy atom. The lowest BCUT2D eigenvalue weighted by Gasteiger charge is -2.33. The minimum Gasteiger partial charge on any atom is -0.431 e. The molecule has 1 nitrogen and oxygen atoms in total. The quantitative estimate of drug-likeness (QED) is 0.702. The number of hydrogen-bond acceptors (Lipinski definition) is 1. The van der Waals surface area contributed by atoms with E-state index in [-0.39, 0.29) is 0 Å². The molecule has 0 aromatic carbocycles. The molecule has 1 saturated carbocycles. The summed E-state index contributed by atoms with van der Waals surface area (Å²) in [6, 6.07) is 2.13. The van der Waals surface area contributed by atoms with Gasteiger partial charge >= 0.3 is 0 Å². The van der Waals surface area contributed by atoms with Gasteiger partial charge in [0.15, 0.2) is 8.32 Å². The third-order valence-electron chi connectivity index (χ3n) is 4.09. The lowest BCUT2D eigenvalue weighted by Crippen LogP contribution is -2.38. The average molecular weight is 214 g/mol. The van der Waals surface area contributed by atoms with Crippen molar-refractivity contribution >= 4 is 8.32 Å². The zero-order chi connectivity index (χ0) is 10.4. The Balaban J connectivity index is 2.53. The van der Waals surface area contributed by atoms with Crippen molar-refractivity contribution in [2.45, 2.75) is 76.4 Å². The highest BCUT2D eigenvalue weighted by molar-refractivity contribution is 6.73. The van der Waals surface area contributed by atoms with Crippen LogP contribution in [0.4, 0.5) is 0 Å². The molecule has 84 valence electrons.